The van der Waals surface area contributed by atoms with Crippen LogP contribution in [0.4, 0.5) is 10.1 Å². The first-order valence-corrected chi connectivity index (χ1v) is 5.48. The first-order valence-electron chi connectivity index (χ1n) is 5.48. The maximum Gasteiger partial charge on any atom is 0.304 e. The fourth-order valence-corrected chi connectivity index (χ4v) is 1.37. The van der Waals surface area contributed by atoms with E-state index in [1.165, 1.54) is 6.07 Å². The Bertz CT molecular complexity index is 451. The van der Waals surface area contributed by atoms with E-state index in [9.17, 15) is 19.3 Å². The number of nitro benzene ring substituents is 1. The highest BCUT2D eigenvalue weighted by molar-refractivity contribution is 5.94. The molecule has 98 valence electrons. The molecule has 0 fully saturated rings. The summed E-state index contributed by atoms with van der Waals surface area (Å²) >= 11 is 0. The van der Waals surface area contributed by atoms with Crippen molar-refractivity contribution in [2.24, 2.45) is 5.73 Å². The van der Waals surface area contributed by atoms with Gasteiger partial charge in [-0.1, -0.05) is 0 Å². The zero-order chi connectivity index (χ0) is 13.5. The molecule has 0 heterocycles. The van der Waals surface area contributed by atoms with Crippen LogP contribution in [-0.2, 0) is 0 Å². The molecule has 0 saturated heterocycles. The molecule has 1 amide bonds. The number of hydrogen-bond acceptors (Lipinski definition) is 4. The fraction of sp³-hybridized carbons (Fsp3) is 0.364. The maximum atomic E-state index is 13.3. The van der Waals surface area contributed by atoms with Gasteiger partial charge in [0, 0.05) is 18.2 Å². The molecular weight excluding hydrogens is 241 g/mol. The predicted octanol–water partition coefficient (Wildman–Crippen LogP) is 1.20. The Morgan fingerprint density at radius 1 is 1.44 bits per heavy atom. The number of rotatable bonds is 6. The van der Waals surface area contributed by atoms with Gasteiger partial charge in [0.25, 0.3) is 5.91 Å². The number of benzene rings is 1. The number of hydrogen-bond donors (Lipinski definition) is 2. The Morgan fingerprint density at radius 2 is 2.17 bits per heavy atom. The number of amides is 1. The maximum absolute atomic E-state index is 13.3. The Labute approximate surface area is 103 Å². The second-order valence-electron chi connectivity index (χ2n) is 3.67. The number of nitrogens with one attached hydrogen (secondary N) is 1. The van der Waals surface area contributed by atoms with Crippen molar-refractivity contribution in [3.63, 3.8) is 0 Å². The SMILES string of the molecule is NCCCCNC(=O)c1ccc([N+](=O)[O-])c(F)c1. The molecule has 18 heavy (non-hydrogen) atoms. The summed E-state index contributed by atoms with van der Waals surface area (Å²) in [6.45, 7) is 0.983. The summed E-state index contributed by atoms with van der Waals surface area (Å²) < 4.78 is 13.3. The first kappa shape index (κ1) is 14.0. The standard InChI is InChI=1S/C11H14FN3O3/c12-9-7-8(3-4-10(9)15(17)18)11(16)14-6-2-1-5-13/h3-4,7H,1-2,5-6,13H2,(H,14,16). The van der Waals surface area contributed by atoms with Crippen LogP contribution in [-0.4, -0.2) is 23.9 Å². The van der Waals surface area contributed by atoms with Crippen molar-refractivity contribution in [1.82, 2.24) is 5.32 Å². The Kier molecular flexibility index (Phi) is 5.19. The van der Waals surface area contributed by atoms with Crippen LogP contribution in [0, 0.1) is 15.9 Å². The van der Waals surface area contributed by atoms with Crippen molar-refractivity contribution in [2.75, 3.05) is 13.1 Å². The Morgan fingerprint density at radius 3 is 2.72 bits per heavy atom. The summed E-state index contributed by atoms with van der Waals surface area (Å²) in [5.74, 6) is -1.48. The molecule has 0 aliphatic carbocycles. The van der Waals surface area contributed by atoms with Crippen molar-refractivity contribution in [3.05, 3.63) is 39.7 Å². The second-order valence-corrected chi connectivity index (χ2v) is 3.67. The van der Waals surface area contributed by atoms with Crippen LogP contribution in [0.2, 0.25) is 0 Å². The molecule has 3 N–H and O–H groups in total. The molecule has 1 rings (SSSR count). The number of nitrogens with zero attached hydrogens (tertiary/aromatic N) is 1. The topological polar surface area (TPSA) is 98.3 Å². The molecule has 0 bridgehead atoms. The smallest absolute Gasteiger partial charge is 0.304 e. The van der Waals surface area contributed by atoms with Gasteiger partial charge in [-0.25, -0.2) is 0 Å². The van der Waals surface area contributed by atoms with E-state index < -0.39 is 22.3 Å². The molecule has 0 aromatic heterocycles. The lowest BCUT2D eigenvalue weighted by Gasteiger charge is -2.04. The van der Waals surface area contributed by atoms with E-state index >= 15 is 0 Å². The minimum Gasteiger partial charge on any atom is -0.352 e. The summed E-state index contributed by atoms with van der Waals surface area (Å²) in [5, 5.41) is 13.0. The molecule has 0 unspecified atom stereocenters. The average molecular weight is 255 g/mol. The zero-order valence-electron chi connectivity index (χ0n) is 9.69. The monoisotopic (exact) mass is 255 g/mol. The van der Waals surface area contributed by atoms with Crippen molar-refractivity contribution in [1.29, 1.82) is 0 Å². The average Bonchev–Trinajstić information content (AvgIpc) is 2.33. The second kappa shape index (κ2) is 6.65. The van der Waals surface area contributed by atoms with Gasteiger partial charge in [-0.15, -0.1) is 0 Å². The van der Waals surface area contributed by atoms with E-state index in [1.54, 1.807) is 0 Å². The van der Waals surface area contributed by atoms with Crippen molar-refractivity contribution in [2.45, 2.75) is 12.8 Å². The van der Waals surface area contributed by atoms with Crippen molar-refractivity contribution in [3.8, 4) is 0 Å². The first-order chi connectivity index (χ1) is 8.56. The number of nitro groups is 1. The quantitative estimate of drug-likeness (QED) is 0.453. The van der Waals surface area contributed by atoms with E-state index in [4.69, 9.17) is 5.73 Å². The molecule has 0 aliphatic heterocycles. The van der Waals surface area contributed by atoms with Crippen molar-refractivity contribution >= 4 is 11.6 Å². The van der Waals surface area contributed by atoms with Crippen LogP contribution in [0.15, 0.2) is 18.2 Å². The lowest BCUT2D eigenvalue weighted by molar-refractivity contribution is -0.387. The third-order valence-electron chi connectivity index (χ3n) is 2.32. The van der Waals surface area contributed by atoms with E-state index in [0.717, 1.165) is 25.0 Å². The molecule has 0 aliphatic rings. The van der Waals surface area contributed by atoms with E-state index in [-0.39, 0.29) is 5.56 Å². The Balaban J connectivity index is 2.64. The molecule has 0 atom stereocenters. The van der Waals surface area contributed by atoms with Gasteiger partial charge in [0.05, 0.1) is 4.92 Å². The molecule has 6 nitrogen and oxygen atoms in total. The van der Waals surface area contributed by atoms with Crippen LogP contribution in [0.5, 0.6) is 0 Å². The van der Waals surface area contributed by atoms with Gasteiger partial charge >= 0.3 is 5.69 Å². The van der Waals surface area contributed by atoms with Crippen LogP contribution >= 0.6 is 0 Å². The van der Waals surface area contributed by atoms with Crippen LogP contribution in [0.3, 0.4) is 0 Å². The fourth-order valence-electron chi connectivity index (χ4n) is 1.37. The highest BCUT2D eigenvalue weighted by atomic mass is 19.1. The van der Waals surface area contributed by atoms with Gasteiger partial charge in [0.1, 0.15) is 0 Å². The predicted molar refractivity (Wildman–Crippen MR) is 63.7 cm³/mol. The number of carbonyl (C=O) groups is 1. The van der Waals surface area contributed by atoms with E-state index in [2.05, 4.69) is 5.32 Å². The Hall–Kier alpha value is -2.02. The van der Waals surface area contributed by atoms with Gasteiger partial charge in [-0.05, 0) is 31.5 Å². The summed E-state index contributed by atoms with van der Waals surface area (Å²) in [6.07, 6.45) is 1.52. The molecule has 1 aromatic rings. The minimum absolute atomic E-state index is 0.0610. The number of unbranched alkanes of at least 4 members (excludes halogenated alkanes) is 1. The zero-order valence-corrected chi connectivity index (χ0v) is 9.69. The summed E-state index contributed by atoms with van der Waals surface area (Å²) in [4.78, 5) is 21.1. The number of halogens is 1. The lowest BCUT2D eigenvalue weighted by atomic mass is 10.2. The van der Waals surface area contributed by atoms with Crippen LogP contribution in [0.1, 0.15) is 23.2 Å². The molecular formula is C11H14FN3O3. The van der Waals surface area contributed by atoms with Gasteiger partial charge in [-0.2, -0.15) is 4.39 Å². The van der Waals surface area contributed by atoms with E-state index in [1.807, 2.05) is 0 Å². The third-order valence-corrected chi connectivity index (χ3v) is 2.32. The summed E-state index contributed by atoms with van der Waals surface area (Å²) in [6, 6.07) is 3.06. The number of carbonyl (C=O) groups excluding carboxylic acids is 1. The highest BCUT2D eigenvalue weighted by Crippen LogP contribution is 2.17. The summed E-state index contributed by atoms with van der Waals surface area (Å²) in [7, 11) is 0. The van der Waals surface area contributed by atoms with E-state index in [0.29, 0.717) is 13.1 Å². The van der Waals surface area contributed by atoms with Crippen LogP contribution < -0.4 is 11.1 Å². The summed E-state index contributed by atoms with van der Waals surface area (Å²) in [5.41, 5.74) is 4.71. The third kappa shape index (κ3) is 3.77. The molecule has 0 spiro atoms. The van der Waals surface area contributed by atoms with Gasteiger partial charge in [0.15, 0.2) is 0 Å². The lowest BCUT2D eigenvalue weighted by Crippen LogP contribution is -2.25. The molecule has 0 radical (unpaired) electrons. The van der Waals surface area contributed by atoms with Crippen LogP contribution in [0.25, 0.3) is 0 Å². The molecule has 0 saturated carbocycles. The molecule has 7 heteroatoms. The molecule has 1 aromatic carbocycles. The van der Waals surface area contributed by atoms with Gasteiger partial charge < -0.3 is 11.1 Å². The highest BCUT2D eigenvalue weighted by Gasteiger charge is 2.16. The van der Waals surface area contributed by atoms with Gasteiger partial charge in [0.2, 0.25) is 5.82 Å². The van der Waals surface area contributed by atoms with Gasteiger partial charge in [-0.3, -0.25) is 14.9 Å². The number of nitrogens with two attached hydrogens (primary N) is 1. The van der Waals surface area contributed by atoms with Crippen molar-refractivity contribution < 1.29 is 14.1 Å². The minimum atomic E-state index is -1.02. The largest absolute Gasteiger partial charge is 0.352 e. The normalized spacial score (nSPS) is 10.1.